The van der Waals surface area contributed by atoms with Gasteiger partial charge >= 0.3 is 0 Å². The fourth-order valence-electron chi connectivity index (χ4n) is 0.128. The topological polar surface area (TPSA) is 36.3 Å². The van der Waals surface area contributed by atoms with Crippen molar-refractivity contribution in [3.8, 4) is 6.07 Å². The van der Waals surface area contributed by atoms with E-state index in [9.17, 15) is 0 Å². The van der Waals surface area contributed by atoms with Gasteiger partial charge in [0.2, 0.25) is 0 Å². The minimum Gasteiger partial charge on any atom is -0.340 e. The summed E-state index contributed by atoms with van der Waals surface area (Å²) in [5.74, 6) is 0. The molecule has 1 aliphatic rings. The zero-order chi connectivity index (χ0) is 4.62. The molecule has 0 aromatic carbocycles. The molecule has 0 aromatic heterocycles. The molecule has 1 saturated heterocycles. The Morgan fingerprint density at radius 3 is 2.50 bits per heavy atom. The molecule has 1 aliphatic heterocycles. The molecule has 0 spiro atoms. The van der Waals surface area contributed by atoms with Crippen LogP contribution in [0.3, 0.4) is 0 Å². The molecule has 0 saturated carbocycles. The normalized spacial score (nSPS) is 41.3. The second-order valence-electron chi connectivity index (χ2n) is 1.13. The van der Waals surface area contributed by atoms with Gasteiger partial charge in [-0.15, -0.1) is 0 Å². The van der Waals surface area contributed by atoms with E-state index in [2.05, 4.69) is 4.74 Å². The monoisotopic (exact) mass is 103 g/mol. The van der Waals surface area contributed by atoms with Gasteiger partial charge in [-0.25, -0.2) is 0 Å². The van der Waals surface area contributed by atoms with E-state index < -0.39 is 5.06 Å². The Hall–Kier alpha value is -0.260. The summed E-state index contributed by atoms with van der Waals surface area (Å²) in [6.07, 6.45) is 0. The van der Waals surface area contributed by atoms with Gasteiger partial charge in [-0.2, -0.15) is 5.26 Å². The summed E-state index contributed by atoms with van der Waals surface area (Å²) in [6.45, 7) is 0.380. The van der Waals surface area contributed by atoms with E-state index >= 15 is 0 Å². The van der Waals surface area contributed by atoms with Gasteiger partial charge in [0.15, 0.2) is 0 Å². The Balaban J connectivity index is 2.54. The van der Waals surface area contributed by atoms with Gasteiger partial charge in [0, 0.05) is 0 Å². The predicted octanol–water partition coefficient (Wildman–Crippen LogP) is 0.475. The lowest BCUT2D eigenvalue weighted by molar-refractivity contribution is 0.421. The highest BCUT2D eigenvalue weighted by Gasteiger charge is 2.43. The first-order valence-corrected chi connectivity index (χ1v) is 1.89. The number of nitrogens with zero attached hydrogens (tertiary/aromatic N) is 1. The molecule has 1 heterocycles. The molecule has 0 amide bonds. The molecule has 6 heavy (non-hydrogen) atoms. The molecule has 0 aliphatic carbocycles. The van der Waals surface area contributed by atoms with Crippen LogP contribution in [-0.2, 0) is 4.74 Å². The Kier molecular flexibility index (Phi) is 0.566. The molecule has 0 aromatic rings. The van der Waals surface area contributed by atoms with Gasteiger partial charge in [0.05, 0.1) is 0 Å². The molecule has 0 N–H and O–H groups in total. The Bertz CT molecular complexity index is 102. The van der Waals surface area contributed by atoms with Crippen LogP contribution in [-0.4, -0.2) is 11.7 Å². The highest BCUT2D eigenvalue weighted by Crippen LogP contribution is 2.29. The molecule has 3 heteroatoms. The lowest BCUT2D eigenvalue weighted by atomic mass is 10.5. The van der Waals surface area contributed by atoms with Crippen LogP contribution < -0.4 is 0 Å². The Morgan fingerprint density at radius 2 is 2.50 bits per heavy atom. The first kappa shape index (κ1) is 3.91. The van der Waals surface area contributed by atoms with E-state index in [-0.39, 0.29) is 0 Å². The minimum absolute atomic E-state index is 0.380. The smallest absolute Gasteiger partial charge is 0.253 e. The predicted molar refractivity (Wildman–Crippen MR) is 20.1 cm³/mol. The lowest BCUT2D eigenvalue weighted by Gasteiger charge is -1.74. The summed E-state index contributed by atoms with van der Waals surface area (Å²) < 4.78 is 4.45. The van der Waals surface area contributed by atoms with E-state index in [1.54, 1.807) is 6.07 Å². The van der Waals surface area contributed by atoms with Crippen LogP contribution in [0.4, 0.5) is 0 Å². The molecule has 0 bridgehead atoms. The molecular weight excluding hydrogens is 101 g/mol. The lowest BCUT2D eigenvalue weighted by Crippen LogP contribution is -1.90. The minimum atomic E-state index is -0.931. The van der Waals surface area contributed by atoms with Gasteiger partial charge in [0.25, 0.3) is 5.06 Å². The Labute approximate surface area is 40.3 Å². The van der Waals surface area contributed by atoms with Crippen molar-refractivity contribution < 1.29 is 4.74 Å². The zero-order valence-corrected chi connectivity index (χ0v) is 3.70. The SMILES string of the molecule is N#CC1(Cl)CO1. The van der Waals surface area contributed by atoms with Crippen molar-refractivity contribution in [1.82, 2.24) is 0 Å². The number of nitriles is 1. The average Bonchev–Trinajstić information content (AvgIpc) is 2.22. The van der Waals surface area contributed by atoms with Crippen LogP contribution in [0.25, 0.3) is 0 Å². The number of hydrogen-bond donors (Lipinski definition) is 0. The maximum Gasteiger partial charge on any atom is 0.253 e. The maximum atomic E-state index is 7.96. The number of halogens is 1. The zero-order valence-electron chi connectivity index (χ0n) is 2.94. The van der Waals surface area contributed by atoms with Crippen LogP contribution in [0.15, 0.2) is 0 Å². The first-order valence-electron chi connectivity index (χ1n) is 1.51. The van der Waals surface area contributed by atoms with Crippen molar-refractivity contribution in [1.29, 1.82) is 5.26 Å². The number of hydrogen-bond acceptors (Lipinski definition) is 2. The Morgan fingerprint density at radius 1 is 2.00 bits per heavy atom. The third-order valence-corrected chi connectivity index (χ3v) is 0.867. The first-order chi connectivity index (χ1) is 2.77. The number of ether oxygens (including phenoxy) is 1. The highest BCUT2D eigenvalue weighted by atomic mass is 35.5. The highest BCUT2D eigenvalue weighted by molar-refractivity contribution is 6.26. The standard InChI is InChI=1S/C3H2ClNO/c4-3(1-5)2-6-3/h2H2. The number of rotatable bonds is 0. The fourth-order valence-corrected chi connectivity index (χ4v) is 0.182. The van der Waals surface area contributed by atoms with Crippen molar-refractivity contribution in [2.45, 2.75) is 5.06 Å². The van der Waals surface area contributed by atoms with Crippen LogP contribution >= 0.6 is 11.6 Å². The second-order valence-corrected chi connectivity index (χ2v) is 1.74. The van der Waals surface area contributed by atoms with Crippen LogP contribution in [0.1, 0.15) is 0 Å². The number of epoxide rings is 1. The van der Waals surface area contributed by atoms with Crippen molar-refractivity contribution >= 4 is 11.6 Å². The molecule has 1 fully saturated rings. The molecular formula is C3H2ClNO. The summed E-state index contributed by atoms with van der Waals surface area (Å²) in [5.41, 5.74) is 0. The van der Waals surface area contributed by atoms with Gasteiger partial charge in [-0.1, -0.05) is 11.6 Å². The van der Waals surface area contributed by atoms with Gasteiger partial charge in [-0.3, -0.25) is 0 Å². The molecule has 1 unspecified atom stereocenters. The summed E-state index contributed by atoms with van der Waals surface area (Å²) in [6, 6.07) is 1.76. The summed E-state index contributed by atoms with van der Waals surface area (Å²) in [7, 11) is 0. The van der Waals surface area contributed by atoms with Crippen molar-refractivity contribution in [3.05, 3.63) is 0 Å². The third kappa shape index (κ3) is 0.469. The number of alkyl halides is 1. The second kappa shape index (κ2) is 0.868. The quantitative estimate of drug-likeness (QED) is 0.330. The van der Waals surface area contributed by atoms with Crippen molar-refractivity contribution in [3.63, 3.8) is 0 Å². The van der Waals surface area contributed by atoms with Crippen molar-refractivity contribution in [2.75, 3.05) is 6.61 Å². The van der Waals surface area contributed by atoms with Gasteiger partial charge in [-0.05, 0) is 0 Å². The maximum absolute atomic E-state index is 7.96. The van der Waals surface area contributed by atoms with Crippen molar-refractivity contribution in [2.24, 2.45) is 0 Å². The fraction of sp³-hybridized carbons (Fsp3) is 0.667. The molecule has 1 atom stereocenters. The third-order valence-electron chi connectivity index (χ3n) is 0.565. The molecule has 0 radical (unpaired) electrons. The molecule has 1 rings (SSSR count). The summed E-state index contributed by atoms with van der Waals surface area (Å²) in [5, 5.41) is 7.03. The molecule has 32 valence electrons. The summed E-state index contributed by atoms with van der Waals surface area (Å²) in [4.78, 5) is 0. The van der Waals surface area contributed by atoms with Crippen LogP contribution in [0.5, 0.6) is 0 Å². The summed E-state index contributed by atoms with van der Waals surface area (Å²) >= 11 is 5.25. The largest absolute Gasteiger partial charge is 0.340 e. The van der Waals surface area contributed by atoms with E-state index in [1.807, 2.05) is 0 Å². The van der Waals surface area contributed by atoms with E-state index in [4.69, 9.17) is 16.9 Å². The van der Waals surface area contributed by atoms with Gasteiger partial charge in [0.1, 0.15) is 12.7 Å². The van der Waals surface area contributed by atoms with E-state index in [0.717, 1.165) is 0 Å². The molecule has 2 nitrogen and oxygen atoms in total. The van der Waals surface area contributed by atoms with Crippen LogP contribution in [0.2, 0.25) is 0 Å². The van der Waals surface area contributed by atoms with Gasteiger partial charge < -0.3 is 4.74 Å². The van der Waals surface area contributed by atoms with Crippen LogP contribution in [0, 0.1) is 11.3 Å². The van der Waals surface area contributed by atoms with E-state index in [1.165, 1.54) is 0 Å². The average molecular weight is 104 g/mol. The van der Waals surface area contributed by atoms with E-state index in [0.29, 0.717) is 6.61 Å².